The van der Waals surface area contributed by atoms with Gasteiger partial charge in [-0.2, -0.15) is 0 Å². The molecule has 0 bridgehead atoms. The van der Waals surface area contributed by atoms with E-state index in [4.69, 9.17) is 21.7 Å². The highest BCUT2D eigenvalue weighted by atomic mass is 32.2. The maximum Gasteiger partial charge on any atom is 0.338 e. The Morgan fingerprint density at radius 2 is 2.19 bits per heavy atom. The van der Waals surface area contributed by atoms with Crippen molar-refractivity contribution in [2.75, 3.05) is 32.6 Å². The second kappa shape index (κ2) is 9.28. The number of nitro groups is 1. The summed E-state index contributed by atoms with van der Waals surface area (Å²) in [4.78, 5) is 46.9. The summed E-state index contributed by atoms with van der Waals surface area (Å²) >= 11 is 6.27. The molecule has 0 atom stereocenters. The average Bonchev–Trinajstić information content (AvgIpc) is 2.97. The standard InChI is InChI=1S/C15H15N3O7S2/c1-24-11-3-2-9(6-10(11)18(22)23)14(21)25-7-12(19)16-4-5-17-13(20)8-27-15(17)26/h2-3,6H,4-5,7-8H2,1H3,(H,16,19). The van der Waals surface area contributed by atoms with E-state index in [2.05, 4.69) is 5.32 Å². The number of nitrogens with zero attached hydrogens (tertiary/aromatic N) is 2. The van der Waals surface area contributed by atoms with Crippen molar-refractivity contribution in [1.82, 2.24) is 10.2 Å². The lowest BCUT2D eigenvalue weighted by atomic mass is 10.2. The van der Waals surface area contributed by atoms with E-state index in [0.717, 1.165) is 6.07 Å². The third kappa shape index (κ3) is 5.37. The number of methoxy groups -OCH3 is 1. The maximum absolute atomic E-state index is 12.0. The molecule has 1 fully saturated rings. The topological polar surface area (TPSA) is 128 Å². The van der Waals surface area contributed by atoms with Gasteiger partial charge in [-0.25, -0.2) is 4.79 Å². The average molecular weight is 413 g/mol. The van der Waals surface area contributed by atoms with E-state index >= 15 is 0 Å². The Hall–Kier alpha value is -2.73. The van der Waals surface area contributed by atoms with Crippen LogP contribution in [0.1, 0.15) is 10.4 Å². The SMILES string of the molecule is COc1ccc(C(=O)OCC(=O)NCCN2C(=O)CSC2=S)cc1[N+](=O)[O-]. The number of benzene rings is 1. The number of amides is 2. The summed E-state index contributed by atoms with van der Waals surface area (Å²) < 4.78 is 10.1. The monoisotopic (exact) mass is 413 g/mol. The molecular weight excluding hydrogens is 398 g/mol. The van der Waals surface area contributed by atoms with Gasteiger partial charge in [0.2, 0.25) is 5.91 Å². The third-order valence-corrected chi connectivity index (χ3v) is 4.88. The van der Waals surface area contributed by atoms with Crippen molar-refractivity contribution in [3.63, 3.8) is 0 Å². The van der Waals surface area contributed by atoms with E-state index in [1.807, 2.05) is 0 Å². The Bertz CT molecular complexity index is 784. The van der Waals surface area contributed by atoms with Gasteiger partial charge in [0.25, 0.3) is 5.91 Å². The van der Waals surface area contributed by atoms with E-state index in [9.17, 15) is 24.5 Å². The van der Waals surface area contributed by atoms with Crippen LogP contribution < -0.4 is 10.1 Å². The molecule has 2 amide bonds. The van der Waals surface area contributed by atoms with E-state index in [1.165, 1.54) is 35.9 Å². The van der Waals surface area contributed by atoms with Gasteiger partial charge in [0.15, 0.2) is 12.4 Å². The minimum atomic E-state index is -0.886. The van der Waals surface area contributed by atoms with Gasteiger partial charge in [0.05, 0.1) is 23.3 Å². The van der Waals surface area contributed by atoms with Crippen molar-refractivity contribution < 1.29 is 28.8 Å². The minimum absolute atomic E-state index is 0.00170. The Kier molecular flexibility index (Phi) is 7.07. The van der Waals surface area contributed by atoms with Gasteiger partial charge in [-0.15, -0.1) is 0 Å². The fraction of sp³-hybridized carbons (Fsp3) is 0.333. The quantitative estimate of drug-likeness (QED) is 0.284. The number of thioether (sulfide) groups is 1. The maximum atomic E-state index is 12.0. The van der Waals surface area contributed by atoms with Crippen molar-refractivity contribution in [3.05, 3.63) is 33.9 Å². The van der Waals surface area contributed by atoms with Crippen molar-refractivity contribution in [2.24, 2.45) is 0 Å². The molecule has 1 aliphatic rings. The van der Waals surface area contributed by atoms with Crippen molar-refractivity contribution >= 4 is 51.8 Å². The first-order chi connectivity index (χ1) is 12.8. The van der Waals surface area contributed by atoms with Crippen LogP contribution in [0.5, 0.6) is 5.75 Å². The van der Waals surface area contributed by atoms with Crippen molar-refractivity contribution in [2.45, 2.75) is 0 Å². The number of thiocarbonyl (C=S) groups is 1. The number of hydrogen-bond acceptors (Lipinski definition) is 9. The molecule has 1 aromatic rings. The van der Waals surface area contributed by atoms with Gasteiger partial charge in [0, 0.05) is 19.2 Å². The summed E-state index contributed by atoms with van der Waals surface area (Å²) in [6.45, 7) is -0.183. The van der Waals surface area contributed by atoms with Crippen LogP contribution >= 0.6 is 24.0 Å². The molecule has 1 aliphatic heterocycles. The van der Waals surface area contributed by atoms with Gasteiger partial charge in [-0.05, 0) is 12.1 Å². The van der Waals surface area contributed by atoms with Crippen molar-refractivity contribution in [1.29, 1.82) is 0 Å². The molecule has 0 aliphatic carbocycles. The lowest BCUT2D eigenvalue weighted by molar-refractivity contribution is -0.385. The summed E-state index contributed by atoms with van der Waals surface area (Å²) in [5, 5.41) is 13.5. The molecule has 1 N–H and O–H groups in total. The lowest BCUT2D eigenvalue weighted by Gasteiger charge is -2.15. The number of ether oxygens (including phenoxy) is 2. The smallest absolute Gasteiger partial charge is 0.338 e. The highest BCUT2D eigenvalue weighted by Gasteiger charge is 2.26. The minimum Gasteiger partial charge on any atom is -0.490 e. The van der Waals surface area contributed by atoms with E-state index in [-0.39, 0.29) is 36.0 Å². The van der Waals surface area contributed by atoms with Gasteiger partial charge in [0.1, 0.15) is 4.32 Å². The summed E-state index contributed by atoms with van der Waals surface area (Å²) in [7, 11) is 1.27. The Labute approximate surface area is 163 Å². The van der Waals surface area contributed by atoms with Crippen LogP contribution in [0.25, 0.3) is 0 Å². The molecule has 10 nitrogen and oxygen atoms in total. The second-order valence-electron chi connectivity index (χ2n) is 5.17. The molecule has 144 valence electrons. The molecule has 1 heterocycles. The molecule has 12 heteroatoms. The Morgan fingerprint density at radius 1 is 1.44 bits per heavy atom. The first-order valence-corrected chi connectivity index (χ1v) is 8.96. The van der Waals surface area contributed by atoms with Crippen LogP contribution in [-0.2, 0) is 14.3 Å². The van der Waals surface area contributed by atoms with Crippen LogP contribution in [-0.4, -0.2) is 64.5 Å². The zero-order chi connectivity index (χ0) is 20.0. The zero-order valence-electron chi connectivity index (χ0n) is 14.1. The van der Waals surface area contributed by atoms with E-state index < -0.39 is 23.4 Å². The molecular formula is C15H15N3O7S2. The first kappa shape index (κ1) is 20.6. The summed E-state index contributed by atoms with van der Waals surface area (Å²) in [5.41, 5.74) is -0.471. The molecule has 0 saturated carbocycles. The predicted octanol–water partition coefficient (Wildman–Crippen LogP) is 0.737. The molecule has 0 aromatic heterocycles. The molecule has 1 saturated heterocycles. The molecule has 0 spiro atoms. The molecule has 2 rings (SSSR count). The molecule has 0 radical (unpaired) electrons. The van der Waals surface area contributed by atoms with E-state index in [0.29, 0.717) is 10.1 Å². The van der Waals surface area contributed by atoms with E-state index in [1.54, 1.807) is 0 Å². The number of hydrogen-bond donors (Lipinski definition) is 1. The fourth-order valence-electron chi connectivity index (χ4n) is 2.13. The van der Waals surface area contributed by atoms with Crippen LogP contribution in [0.3, 0.4) is 0 Å². The largest absolute Gasteiger partial charge is 0.490 e. The number of esters is 1. The highest BCUT2D eigenvalue weighted by molar-refractivity contribution is 8.23. The number of carbonyl (C=O) groups excluding carboxylic acids is 3. The zero-order valence-corrected chi connectivity index (χ0v) is 15.8. The van der Waals surface area contributed by atoms with Gasteiger partial charge in [-0.3, -0.25) is 24.6 Å². The van der Waals surface area contributed by atoms with Gasteiger partial charge in [-0.1, -0.05) is 24.0 Å². The van der Waals surface area contributed by atoms with Gasteiger partial charge >= 0.3 is 11.7 Å². The Morgan fingerprint density at radius 3 is 2.78 bits per heavy atom. The molecule has 27 heavy (non-hydrogen) atoms. The molecule has 1 aromatic carbocycles. The summed E-state index contributed by atoms with van der Waals surface area (Å²) in [6.07, 6.45) is 0. The van der Waals surface area contributed by atoms with Crippen LogP contribution in [0.15, 0.2) is 18.2 Å². The molecule has 0 unspecified atom stereocenters. The predicted molar refractivity (Wildman–Crippen MR) is 99.7 cm³/mol. The summed E-state index contributed by atoms with van der Waals surface area (Å²) in [6, 6.07) is 3.57. The number of rotatable bonds is 8. The second-order valence-corrected chi connectivity index (χ2v) is 6.78. The summed E-state index contributed by atoms with van der Waals surface area (Å²) in [5.74, 6) is -1.29. The number of carbonyl (C=O) groups is 3. The van der Waals surface area contributed by atoms with Crippen LogP contribution in [0, 0.1) is 10.1 Å². The normalized spacial score (nSPS) is 13.4. The Balaban J connectivity index is 1.82. The van der Waals surface area contributed by atoms with Crippen LogP contribution in [0.2, 0.25) is 0 Å². The third-order valence-electron chi connectivity index (χ3n) is 3.44. The fourth-order valence-corrected chi connectivity index (χ4v) is 3.25. The number of nitrogens with one attached hydrogen (secondary N) is 1. The number of nitro benzene ring substituents is 1. The lowest BCUT2D eigenvalue weighted by Crippen LogP contribution is -2.38. The van der Waals surface area contributed by atoms with Crippen molar-refractivity contribution in [3.8, 4) is 5.75 Å². The first-order valence-electron chi connectivity index (χ1n) is 7.57. The highest BCUT2D eigenvalue weighted by Crippen LogP contribution is 2.27. The van der Waals surface area contributed by atoms with Crippen LogP contribution in [0.4, 0.5) is 5.69 Å². The van der Waals surface area contributed by atoms with Gasteiger partial charge < -0.3 is 14.8 Å².